The molecular weight excluding hydrogens is 318 g/mol. The number of para-hydroxylation sites is 1. The molecular formula is C20H21NO2S. The van der Waals surface area contributed by atoms with Crippen LogP contribution < -0.4 is 0 Å². The molecule has 3 nitrogen and oxygen atoms in total. The molecule has 0 saturated carbocycles. The molecule has 2 aliphatic heterocycles. The van der Waals surface area contributed by atoms with Crippen LogP contribution in [0.4, 0.5) is 0 Å². The van der Waals surface area contributed by atoms with Crippen molar-refractivity contribution < 1.29 is 9.15 Å². The van der Waals surface area contributed by atoms with Gasteiger partial charge in [-0.05, 0) is 42.0 Å². The largest absolute Gasteiger partial charge is 0.460 e. The van der Waals surface area contributed by atoms with Crippen molar-refractivity contribution in [1.29, 1.82) is 0 Å². The van der Waals surface area contributed by atoms with E-state index in [0.29, 0.717) is 0 Å². The standard InChI is InChI=1S/C20H21NO2S/c1-2-4-18-15(3-1)13-16(23-18)14-21-9-7-20(8-10-21)17-6-12-24-19(17)5-11-22-20/h1-4,6,12-13H,5,7-11,14H2. The number of furan rings is 1. The highest BCUT2D eigenvalue weighted by atomic mass is 32.1. The van der Waals surface area contributed by atoms with Gasteiger partial charge in [-0.2, -0.15) is 0 Å². The highest BCUT2D eigenvalue weighted by molar-refractivity contribution is 7.10. The summed E-state index contributed by atoms with van der Waals surface area (Å²) in [6, 6.07) is 12.7. The van der Waals surface area contributed by atoms with Gasteiger partial charge in [-0.25, -0.2) is 0 Å². The first-order valence-electron chi connectivity index (χ1n) is 8.73. The van der Waals surface area contributed by atoms with Crippen molar-refractivity contribution in [1.82, 2.24) is 4.90 Å². The summed E-state index contributed by atoms with van der Waals surface area (Å²) in [6.07, 6.45) is 3.24. The van der Waals surface area contributed by atoms with Gasteiger partial charge < -0.3 is 9.15 Å². The fourth-order valence-corrected chi connectivity index (χ4v) is 5.13. The van der Waals surface area contributed by atoms with Crippen molar-refractivity contribution in [3.05, 3.63) is 58.0 Å². The van der Waals surface area contributed by atoms with Crippen LogP contribution in [-0.2, 0) is 23.3 Å². The van der Waals surface area contributed by atoms with Crippen molar-refractivity contribution in [3.63, 3.8) is 0 Å². The monoisotopic (exact) mass is 339 g/mol. The number of thiophene rings is 1. The zero-order valence-electron chi connectivity index (χ0n) is 13.7. The van der Waals surface area contributed by atoms with Gasteiger partial charge in [-0.3, -0.25) is 4.90 Å². The molecule has 5 rings (SSSR count). The zero-order chi connectivity index (χ0) is 16.0. The Kier molecular flexibility index (Phi) is 3.51. The molecule has 0 amide bonds. The number of nitrogens with zero attached hydrogens (tertiary/aromatic N) is 1. The average Bonchev–Trinajstić information content (AvgIpc) is 3.24. The quantitative estimate of drug-likeness (QED) is 0.684. The number of hydrogen-bond acceptors (Lipinski definition) is 4. The van der Waals surface area contributed by atoms with E-state index in [0.717, 1.165) is 56.8 Å². The minimum atomic E-state index is -0.0298. The van der Waals surface area contributed by atoms with Crippen molar-refractivity contribution in [2.75, 3.05) is 19.7 Å². The molecule has 0 aliphatic carbocycles. The van der Waals surface area contributed by atoms with E-state index in [4.69, 9.17) is 9.15 Å². The van der Waals surface area contributed by atoms with E-state index in [-0.39, 0.29) is 5.60 Å². The maximum absolute atomic E-state index is 6.29. The number of fused-ring (bicyclic) bond motifs is 3. The van der Waals surface area contributed by atoms with Crippen LogP contribution in [0.5, 0.6) is 0 Å². The summed E-state index contributed by atoms with van der Waals surface area (Å²) in [4.78, 5) is 4.03. The lowest BCUT2D eigenvalue weighted by Gasteiger charge is -2.43. The van der Waals surface area contributed by atoms with Gasteiger partial charge in [-0.15, -0.1) is 11.3 Å². The highest BCUT2D eigenvalue weighted by Gasteiger charge is 2.41. The topological polar surface area (TPSA) is 25.6 Å². The van der Waals surface area contributed by atoms with Crippen LogP contribution >= 0.6 is 11.3 Å². The molecule has 0 N–H and O–H groups in total. The molecule has 1 saturated heterocycles. The molecule has 24 heavy (non-hydrogen) atoms. The van der Waals surface area contributed by atoms with E-state index in [1.165, 1.54) is 15.8 Å². The van der Waals surface area contributed by atoms with Gasteiger partial charge in [0.15, 0.2) is 0 Å². The Morgan fingerprint density at radius 1 is 1.12 bits per heavy atom. The molecule has 1 spiro atoms. The number of hydrogen-bond donors (Lipinski definition) is 0. The van der Waals surface area contributed by atoms with Crippen LogP contribution in [0.25, 0.3) is 11.0 Å². The zero-order valence-corrected chi connectivity index (χ0v) is 14.5. The Labute approximate surface area is 145 Å². The minimum Gasteiger partial charge on any atom is -0.460 e. The van der Waals surface area contributed by atoms with Gasteiger partial charge in [0.25, 0.3) is 0 Å². The van der Waals surface area contributed by atoms with E-state index in [1.54, 1.807) is 0 Å². The van der Waals surface area contributed by atoms with Crippen molar-refractivity contribution >= 4 is 22.3 Å². The first kappa shape index (κ1) is 14.7. The van der Waals surface area contributed by atoms with Crippen LogP contribution in [-0.4, -0.2) is 24.6 Å². The SMILES string of the molecule is c1ccc2oc(CN3CCC4(CC3)OCCc3sccc34)cc2c1. The van der Waals surface area contributed by atoms with Crippen LogP contribution in [0, 0.1) is 0 Å². The van der Waals surface area contributed by atoms with E-state index >= 15 is 0 Å². The summed E-state index contributed by atoms with van der Waals surface area (Å²) in [5.74, 6) is 1.06. The Morgan fingerprint density at radius 2 is 2.00 bits per heavy atom. The molecule has 0 bridgehead atoms. The van der Waals surface area contributed by atoms with Crippen molar-refractivity contribution in [3.8, 4) is 0 Å². The van der Waals surface area contributed by atoms with E-state index in [1.807, 2.05) is 23.5 Å². The number of benzene rings is 1. The number of ether oxygens (including phenoxy) is 1. The van der Waals surface area contributed by atoms with Gasteiger partial charge in [0.2, 0.25) is 0 Å². The molecule has 124 valence electrons. The molecule has 2 aliphatic rings. The van der Waals surface area contributed by atoms with Crippen molar-refractivity contribution in [2.45, 2.75) is 31.4 Å². The second-order valence-corrected chi connectivity index (χ2v) is 7.88. The molecule has 2 aromatic heterocycles. The fraction of sp³-hybridized carbons (Fsp3) is 0.400. The third-order valence-electron chi connectivity index (χ3n) is 5.46. The summed E-state index contributed by atoms with van der Waals surface area (Å²) in [7, 11) is 0. The minimum absolute atomic E-state index is 0.0298. The van der Waals surface area contributed by atoms with E-state index < -0.39 is 0 Å². The summed E-state index contributed by atoms with van der Waals surface area (Å²) in [5.41, 5.74) is 2.42. The predicted octanol–water partition coefficient (Wildman–Crippen LogP) is 4.56. The van der Waals surface area contributed by atoms with Crippen LogP contribution in [0.3, 0.4) is 0 Å². The molecule has 4 heteroatoms. The first-order valence-corrected chi connectivity index (χ1v) is 9.61. The van der Waals surface area contributed by atoms with Gasteiger partial charge in [0.1, 0.15) is 11.3 Å². The lowest BCUT2D eigenvalue weighted by Crippen LogP contribution is -2.45. The smallest absolute Gasteiger partial charge is 0.134 e. The third kappa shape index (κ3) is 2.41. The predicted molar refractivity (Wildman–Crippen MR) is 96.4 cm³/mol. The number of rotatable bonds is 2. The van der Waals surface area contributed by atoms with E-state index in [2.05, 4.69) is 34.5 Å². The van der Waals surface area contributed by atoms with Crippen LogP contribution in [0.15, 0.2) is 46.2 Å². The number of piperidine rings is 1. The van der Waals surface area contributed by atoms with Gasteiger partial charge in [0, 0.05) is 29.8 Å². The maximum Gasteiger partial charge on any atom is 0.134 e. The van der Waals surface area contributed by atoms with Crippen LogP contribution in [0.1, 0.15) is 29.0 Å². The fourth-order valence-electron chi connectivity index (χ4n) is 4.18. The molecule has 1 aromatic carbocycles. The second kappa shape index (κ2) is 5.73. The summed E-state index contributed by atoms with van der Waals surface area (Å²) in [6.45, 7) is 3.89. The summed E-state index contributed by atoms with van der Waals surface area (Å²) < 4.78 is 12.3. The molecule has 4 heterocycles. The van der Waals surface area contributed by atoms with Gasteiger partial charge in [-0.1, -0.05) is 18.2 Å². The lowest BCUT2D eigenvalue weighted by atomic mass is 9.82. The number of likely N-dealkylation sites (tertiary alicyclic amines) is 1. The van der Waals surface area contributed by atoms with Crippen molar-refractivity contribution in [2.24, 2.45) is 0 Å². The second-order valence-electron chi connectivity index (χ2n) is 6.88. The third-order valence-corrected chi connectivity index (χ3v) is 6.44. The molecule has 0 unspecified atom stereocenters. The molecule has 3 aromatic rings. The molecule has 1 fully saturated rings. The Balaban J connectivity index is 1.31. The van der Waals surface area contributed by atoms with Crippen LogP contribution in [0.2, 0.25) is 0 Å². The Morgan fingerprint density at radius 3 is 2.88 bits per heavy atom. The van der Waals surface area contributed by atoms with E-state index in [9.17, 15) is 0 Å². The Hall–Kier alpha value is -1.62. The summed E-state index contributed by atoms with van der Waals surface area (Å²) in [5, 5.41) is 3.42. The molecule has 0 atom stereocenters. The first-order chi connectivity index (χ1) is 11.8. The lowest BCUT2D eigenvalue weighted by molar-refractivity contribution is -0.0985. The normalized spacial score (nSPS) is 20.5. The molecule has 0 radical (unpaired) electrons. The van der Waals surface area contributed by atoms with Gasteiger partial charge in [0.05, 0.1) is 18.8 Å². The maximum atomic E-state index is 6.29. The average molecular weight is 339 g/mol. The highest BCUT2D eigenvalue weighted by Crippen LogP contribution is 2.43. The summed E-state index contributed by atoms with van der Waals surface area (Å²) >= 11 is 1.89. The Bertz CT molecular complexity index is 824. The van der Waals surface area contributed by atoms with Gasteiger partial charge >= 0.3 is 0 Å².